The minimum Gasteiger partial charge on any atom is -0.367 e. The van der Waals surface area contributed by atoms with Crippen molar-refractivity contribution >= 4 is 11.5 Å². The van der Waals surface area contributed by atoms with Gasteiger partial charge >= 0.3 is 0 Å². The maximum absolute atomic E-state index is 4.12. The minimum atomic E-state index is 0.661. The summed E-state index contributed by atoms with van der Waals surface area (Å²) in [5.41, 5.74) is 0.661. The fourth-order valence-corrected chi connectivity index (χ4v) is 2.68. The molecule has 0 aromatic carbocycles. The average Bonchev–Trinajstić information content (AvgIpc) is 3.10. The topological polar surface area (TPSA) is 71.2 Å². The van der Waals surface area contributed by atoms with Gasteiger partial charge in [0.05, 0.1) is 12.4 Å². The highest BCUT2D eigenvalue weighted by molar-refractivity contribution is 5.43. The summed E-state index contributed by atoms with van der Waals surface area (Å²) in [6.45, 7) is 1.89. The molecule has 1 fully saturated rings. The predicted molar refractivity (Wildman–Crippen MR) is 72.0 cm³/mol. The lowest BCUT2D eigenvalue weighted by atomic mass is 10.2. The van der Waals surface area contributed by atoms with Gasteiger partial charge in [0.1, 0.15) is 5.82 Å². The molecule has 19 heavy (non-hydrogen) atoms. The Morgan fingerprint density at radius 2 is 2.21 bits per heavy atom. The van der Waals surface area contributed by atoms with Crippen molar-refractivity contribution in [1.29, 1.82) is 0 Å². The molecule has 0 radical (unpaired) electrons. The number of fused-ring (bicyclic) bond motifs is 1. The zero-order valence-corrected chi connectivity index (χ0v) is 11.2. The van der Waals surface area contributed by atoms with Crippen molar-refractivity contribution in [2.24, 2.45) is 0 Å². The molecule has 102 valence electrons. The van der Waals surface area contributed by atoms with Crippen LogP contribution in [0.1, 0.15) is 25.7 Å². The third kappa shape index (κ3) is 2.65. The van der Waals surface area contributed by atoms with Crippen LogP contribution in [-0.2, 0) is 0 Å². The summed E-state index contributed by atoms with van der Waals surface area (Å²) in [5, 5.41) is 14.8. The molecule has 0 unspecified atom stereocenters. The maximum atomic E-state index is 4.12. The highest BCUT2D eigenvalue weighted by Crippen LogP contribution is 2.21. The smallest absolute Gasteiger partial charge is 0.199 e. The van der Waals surface area contributed by atoms with Crippen LogP contribution >= 0.6 is 0 Å². The molecule has 0 saturated heterocycles. The van der Waals surface area contributed by atoms with Crippen LogP contribution in [0.2, 0.25) is 0 Å². The summed E-state index contributed by atoms with van der Waals surface area (Å²) in [4.78, 5) is 6.56. The van der Waals surface area contributed by atoms with Crippen molar-refractivity contribution in [2.75, 3.05) is 25.5 Å². The molecule has 3 rings (SSSR count). The molecular weight excluding hydrogens is 242 g/mol. The van der Waals surface area contributed by atoms with E-state index in [0.717, 1.165) is 24.9 Å². The van der Waals surface area contributed by atoms with E-state index in [4.69, 9.17) is 0 Å². The van der Waals surface area contributed by atoms with Crippen LogP contribution in [0.5, 0.6) is 0 Å². The van der Waals surface area contributed by atoms with Gasteiger partial charge in [0, 0.05) is 19.1 Å². The molecule has 1 N–H and O–H groups in total. The van der Waals surface area contributed by atoms with E-state index in [1.807, 2.05) is 0 Å². The number of tetrazole rings is 1. The molecule has 0 bridgehead atoms. The Kier molecular flexibility index (Phi) is 3.54. The SMILES string of the molecule is CN(CCNc1cncc2nnnn12)C1CCCC1. The monoisotopic (exact) mass is 261 g/mol. The van der Waals surface area contributed by atoms with Gasteiger partial charge in [0.25, 0.3) is 0 Å². The van der Waals surface area contributed by atoms with Gasteiger partial charge in [0.15, 0.2) is 5.65 Å². The summed E-state index contributed by atoms with van der Waals surface area (Å²) in [6.07, 6.45) is 8.81. The van der Waals surface area contributed by atoms with Crippen molar-refractivity contribution in [1.82, 2.24) is 29.9 Å². The predicted octanol–water partition coefficient (Wildman–Crippen LogP) is 0.806. The molecule has 2 aromatic rings. The van der Waals surface area contributed by atoms with Gasteiger partial charge in [-0.05, 0) is 30.3 Å². The lowest BCUT2D eigenvalue weighted by molar-refractivity contribution is 0.254. The first kappa shape index (κ1) is 12.3. The highest BCUT2D eigenvalue weighted by atomic mass is 15.5. The Bertz CT molecular complexity index is 532. The van der Waals surface area contributed by atoms with Crippen molar-refractivity contribution in [3.8, 4) is 0 Å². The summed E-state index contributed by atoms with van der Waals surface area (Å²) < 4.78 is 1.67. The van der Waals surface area contributed by atoms with E-state index in [1.54, 1.807) is 16.9 Å². The van der Waals surface area contributed by atoms with Gasteiger partial charge < -0.3 is 10.2 Å². The van der Waals surface area contributed by atoms with Crippen LogP contribution in [0, 0.1) is 0 Å². The summed E-state index contributed by atoms with van der Waals surface area (Å²) in [7, 11) is 2.20. The third-order valence-corrected chi connectivity index (χ3v) is 3.83. The van der Waals surface area contributed by atoms with Gasteiger partial charge in [-0.25, -0.2) is 0 Å². The largest absolute Gasteiger partial charge is 0.367 e. The zero-order chi connectivity index (χ0) is 13.1. The number of hydrogen-bond donors (Lipinski definition) is 1. The van der Waals surface area contributed by atoms with Crippen molar-refractivity contribution in [2.45, 2.75) is 31.7 Å². The third-order valence-electron chi connectivity index (χ3n) is 3.83. The second-order valence-corrected chi connectivity index (χ2v) is 5.09. The summed E-state index contributed by atoms with van der Waals surface area (Å²) in [6, 6.07) is 0.753. The summed E-state index contributed by atoms with van der Waals surface area (Å²) >= 11 is 0. The van der Waals surface area contributed by atoms with Crippen LogP contribution in [0.15, 0.2) is 12.4 Å². The number of nitrogens with zero attached hydrogens (tertiary/aromatic N) is 6. The molecule has 0 amide bonds. The molecule has 7 nitrogen and oxygen atoms in total. The van der Waals surface area contributed by atoms with E-state index >= 15 is 0 Å². The second-order valence-electron chi connectivity index (χ2n) is 5.09. The van der Waals surface area contributed by atoms with Crippen LogP contribution in [-0.4, -0.2) is 56.1 Å². The van der Waals surface area contributed by atoms with Crippen molar-refractivity contribution in [3.05, 3.63) is 12.4 Å². The molecule has 1 aliphatic rings. The number of hydrogen-bond acceptors (Lipinski definition) is 6. The number of rotatable bonds is 5. The molecule has 7 heteroatoms. The quantitative estimate of drug-likeness (QED) is 0.858. The molecule has 0 spiro atoms. The van der Waals surface area contributed by atoms with Crippen LogP contribution in [0.3, 0.4) is 0 Å². The number of likely N-dealkylation sites (N-methyl/N-ethyl adjacent to an activating group) is 1. The number of nitrogens with one attached hydrogen (secondary N) is 1. The van der Waals surface area contributed by atoms with Gasteiger partial charge in [-0.3, -0.25) is 4.98 Å². The molecule has 1 saturated carbocycles. The van der Waals surface area contributed by atoms with Gasteiger partial charge in [-0.15, -0.1) is 5.10 Å². The Hall–Kier alpha value is -1.76. The van der Waals surface area contributed by atoms with E-state index in [1.165, 1.54) is 25.7 Å². The first-order chi connectivity index (χ1) is 9.34. The second kappa shape index (κ2) is 5.48. The summed E-state index contributed by atoms with van der Waals surface area (Å²) in [5.74, 6) is 0.835. The van der Waals surface area contributed by atoms with Gasteiger partial charge in [0.2, 0.25) is 0 Å². The van der Waals surface area contributed by atoms with E-state index in [-0.39, 0.29) is 0 Å². The molecule has 2 aromatic heterocycles. The molecule has 2 heterocycles. The molecular formula is C12H19N7. The zero-order valence-electron chi connectivity index (χ0n) is 11.2. The lowest BCUT2D eigenvalue weighted by Gasteiger charge is -2.24. The Labute approximate surface area is 112 Å². The van der Waals surface area contributed by atoms with E-state index in [2.05, 4.69) is 37.8 Å². The standard InChI is InChI=1S/C12H19N7/c1-18(10-4-2-3-5-10)7-6-14-11-8-13-9-12-15-16-17-19(11)12/h8-10,14H,2-7H2,1H3. The van der Waals surface area contributed by atoms with Gasteiger partial charge in [-0.1, -0.05) is 12.8 Å². The molecule has 0 atom stereocenters. The minimum absolute atomic E-state index is 0.661. The lowest BCUT2D eigenvalue weighted by Crippen LogP contribution is -2.33. The number of aromatic nitrogens is 5. The molecule has 0 aliphatic heterocycles. The molecule has 1 aliphatic carbocycles. The Balaban J connectivity index is 1.55. The number of anilines is 1. The highest BCUT2D eigenvalue weighted by Gasteiger charge is 2.18. The Morgan fingerprint density at radius 1 is 1.37 bits per heavy atom. The maximum Gasteiger partial charge on any atom is 0.199 e. The fraction of sp³-hybridized carbons (Fsp3) is 0.667. The van der Waals surface area contributed by atoms with E-state index in [0.29, 0.717) is 5.65 Å². The average molecular weight is 261 g/mol. The van der Waals surface area contributed by atoms with Gasteiger partial charge in [-0.2, -0.15) is 4.52 Å². The van der Waals surface area contributed by atoms with E-state index in [9.17, 15) is 0 Å². The van der Waals surface area contributed by atoms with Crippen LogP contribution in [0.25, 0.3) is 5.65 Å². The first-order valence-electron chi connectivity index (χ1n) is 6.81. The Morgan fingerprint density at radius 3 is 3.05 bits per heavy atom. The first-order valence-corrected chi connectivity index (χ1v) is 6.81. The van der Waals surface area contributed by atoms with Crippen LogP contribution < -0.4 is 5.32 Å². The fourth-order valence-electron chi connectivity index (χ4n) is 2.68. The van der Waals surface area contributed by atoms with Crippen molar-refractivity contribution in [3.63, 3.8) is 0 Å². The van der Waals surface area contributed by atoms with E-state index < -0.39 is 0 Å². The van der Waals surface area contributed by atoms with Crippen molar-refractivity contribution < 1.29 is 0 Å². The van der Waals surface area contributed by atoms with Crippen LogP contribution in [0.4, 0.5) is 5.82 Å². The normalized spacial score (nSPS) is 16.5.